The van der Waals surface area contributed by atoms with Gasteiger partial charge in [-0.2, -0.15) is 0 Å². The fourth-order valence-corrected chi connectivity index (χ4v) is 2.68. The highest BCUT2D eigenvalue weighted by Gasteiger charge is 2.15. The molecular weight excluding hydrogens is 263 g/mol. The molecule has 0 saturated carbocycles. The number of hydrogen-bond acceptors (Lipinski definition) is 2. The second kappa shape index (κ2) is 5.62. The van der Waals surface area contributed by atoms with E-state index in [1.54, 1.807) is 19.2 Å². The highest BCUT2D eigenvalue weighted by molar-refractivity contribution is 5.85. The Labute approximate surface area is 123 Å². The number of hydrogen-bond donors (Lipinski definition) is 1. The van der Waals surface area contributed by atoms with E-state index in [1.807, 2.05) is 37.5 Å². The van der Waals surface area contributed by atoms with Crippen LogP contribution in [-0.2, 0) is 0 Å². The van der Waals surface area contributed by atoms with Gasteiger partial charge in [-0.1, -0.05) is 30.3 Å². The molecule has 0 amide bonds. The van der Waals surface area contributed by atoms with Crippen LogP contribution in [0.5, 0.6) is 0 Å². The molecule has 0 saturated heterocycles. The summed E-state index contributed by atoms with van der Waals surface area (Å²) in [5.74, 6) is -0.175. The van der Waals surface area contributed by atoms with Gasteiger partial charge in [0, 0.05) is 17.8 Å². The summed E-state index contributed by atoms with van der Waals surface area (Å²) in [6, 6.07) is 13.5. The summed E-state index contributed by atoms with van der Waals surface area (Å²) in [5, 5.41) is 5.50. The van der Waals surface area contributed by atoms with E-state index in [1.165, 1.54) is 0 Å². The third kappa shape index (κ3) is 2.52. The maximum atomic E-state index is 13.9. The van der Waals surface area contributed by atoms with Crippen LogP contribution < -0.4 is 5.32 Å². The maximum absolute atomic E-state index is 13.9. The highest BCUT2D eigenvalue weighted by Crippen LogP contribution is 2.29. The summed E-state index contributed by atoms with van der Waals surface area (Å²) in [6.07, 6.45) is 3.64. The molecule has 0 aliphatic rings. The fraction of sp³-hybridized carbons (Fsp3) is 0.167. The largest absolute Gasteiger partial charge is 0.309 e. The molecule has 21 heavy (non-hydrogen) atoms. The molecule has 106 valence electrons. The molecule has 3 heteroatoms. The topological polar surface area (TPSA) is 24.9 Å². The third-order valence-corrected chi connectivity index (χ3v) is 3.85. The van der Waals surface area contributed by atoms with Gasteiger partial charge in [-0.3, -0.25) is 4.98 Å². The molecular formula is C18H17FN2. The van der Waals surface area contributed by atoms with Gasteiger partial charge in [0.05, 0.1) is 6.04 Å². The fourth-order valence-electron chi connectivity index (χ4n) is 2.68. The van der Waals surface area contributed by atoms with Gasteiger partial charge in [0.2, 0.25) is 0 Å². The molecule has 3 rings (SSSR count). The van der Waals surface area contributed by atoms with Crippen LogP contribution in [0, 0.1) is 12.7 Å². The average Bonchev–Trinajstić information content (AvgIpc) is 2.52. The first-order valence-electron chi connectivity index (χ1n) is 6.96. The Morgan fingerprint density at radius 3 is 2.76 bits per heavy atom. The number of halogens is 1. The van der Waals surface area contributed by atoms with Crippen LogP contribution >= 0.6 is 0 Å². The minimum Gasteiger partial charge on any atom is -0.309 e. The van der Waals surface area contributed by atoms with Crippen molar-refractivity contribution in [3.63, 3.8) is 0 Å². The van der Waals surface area contributed by atoms with Crippen molar-refractivity contribution in [2.24, 2.45) is 0 Å². The summed E-state index contributed by atoms with van der Waals surface area (Å²) in [6.45, 7) is 1.77. The SMILES string of the molecule is CNC(c1ccc(C)c(F)c1)c1cccc2ccncc12. The van der Waals surface area contributed by atoms with Crippen LogP contribution in [0.3, 0.4) is 0 Å². The Bertz CT molecular complexity index is 778. The van der Waals surface area contributed by atoms with E-state index in [9.17, 15) is 4.39 Å². The van der Waals surface area contributed by atoms with Crippen LogP contribution in [0.1, 0.15) is 22.7 Å². The van der Waals surface area contributed by atoms with Crippen LogP contribution in [-0.4, -0.2) is 12.0 Å². The Morgan fingerprint density at radius 2 is 2.00 bits per heavy atom. The monoisotopic (exact) mass is 280 g/mol. The summed E-state index contributed by atoms with van der Waals surface area (Å²) >= 11 is 0. The third-order valence-electron chi connectivity index (χ3n) is 3.85. The molecule has 0 spiro atoms. The second-order valence-corrected chi connectivity index (χ2v) is 5.17. The van der Waals surface area contributed by atoms with Crippen molar-refractivity contribution in [2.45, 2.75) is 13.0 Å². The molecule has 0 aliphatic heterocycles. The lowest BCUT2D eigenvalue weighted by atomic mass is 9.94. The lowest BCUT2D eigenvalue weighted by Gasteiger charge is -2.19. The van der Waals surface area contributed by atoms with Crippen molar-refractivity contribution in [3.8, 4) is 0 Å². The number of aromatic nitrogens is 1. The Balaban J connectivity index is 2.16. The molecule has 0 radical (unpaired) electrons. The molecule has 1 heterocycles. The molecule has 2 nitrogen and oxygen atoms in total. The second-order valence-electron chi connectivity index (χ2n) is 5.17. The van der Waals surface area contributed by atoms with Gasteiger partial charge in [-0.25, -0.2) is 4.39 Å². The van der Waals surface area contributed by atoms with Crippen LogP contribution in [0.4, 0.5) is 4.39 Å². The molecule has 3 aromatic rings. The maximum Gasteiger partial charge on any atom is 0.126 e. The number of fused-ring (bicyclic) bond motifs is 1. The molecule has 1 aromatic heterocycles. The first-order chi connectivity index (χ1) is 10.2. The van der Waals surface area contributed by atoms with E-state index in [-0.39, 0.29) is 11.9 Å². The van der Waals surface area contributed by atoms with Crippen LogP contribution in [0.2, 0.25) is 0 Å². The zero-order valence-electron chi connectivity index (χ0n) is 12.1. The van der Waals surface area contributed by atoms with Gasteiger partial charge in [0.25, 0.3) is 0 Å². The van der Waals surface area contributed by atoms with Crippen molar-refractivity contribution < 1.29 is 4.39 Å². The number of pyridine rings is 1. The van der Waals surface area contributed by atoms with Crippen molar-refractivity contribution in [3.05, 3.63) is 77.4 Å². The quantitative estimate of drug-likeness (QED) is 0.784. The zero-order valence-corrected chi connectivity index (χ0v) is 12.1. The van der Waals surface area contributed by atoms with Crippen molar-refractivity contribution in [1.82, 2.24) is 10.3 Å². The smallest absolute Gasteiger partial charge is 0.126 e. The van der Waals surface area contributed by atoms with E-state index < -0.39 is 0 Å². The van der Waals surface area contributed by atoms with Gasteiger partial charge in [-0.15, -0.1) is 0 Å². The number of nitrogens with one attached hydrogen (secondary N) is 1. The van der Waals surface area contributed by atoms with Gasteiger partial charge in [-0.05, 0) is 48.2 Å². The van der Waals surface area contributed by atoms with Gasteiger partial charge >= 0.3 is 0 Å². The lowest BCUT2D eigenvalue weighted by molar-refractivity contribution is 0.608. The summed E-state index contributed by atoms with van der Waals surface area (Å²) < 4.78 is 13.9. The van der Waals surface area contributed by atoms with Crippen molar-refractivity contribution in [1.29, 1.82) is 0 Å². The standard InChI is InChI=1S/C18H17FN2/c1-12-6-7-14(10-17(12)19)18(20-2)15-5-3-4-13-8-9-21-11-16(13)15/h3-11,18,20H,1-2H3. The summed E-state index contributed by atoms with van der Waals surface area (Å²) in [4.78, 5) is 4.21. The predicted molar refractivity (Wildman–Crippen MR) is 83.8 cm³/mol. The first-order valence-corrected chi connectivity index (χ1v) is 6.96. The molecule has 0 fully saturated rings. The molecule has 0 aliphatic carbocycles. The highest BCUT2D eigenvalue weighted by atomic mass is 19.1. The number of benzene rings is 2. The first kappa shape index (κ1) is 13.7. The number of aryl methyl sites for hydroxylation is 1. The van der Waals surface area contributed by atoms with Gasteiger partial charge < -0.3 is 5.32 Å². The summed E-state index contributed by atoms with van der Waals surface area (Å²) in [5.41, 5.74) is 2.68. The molecule has 1 N–H and O–H groups in total. The van der Waals surface area contributed by atoms with E-state index in [0.29, 0.717) is 5.56 Å². The minimum atomic E-state index is -0.175. The van der Waals surface area contributed by atoms with E-state index >= 15 is 0 Å². The molecule has 0 bridgehead atoms. The molecule has 2 aromatic carbocycles. The average molecular weight is 280 g/mol. The normalized spacial score (nSPS) is 12.5. The zero-order chi connectivity index (χ0) is 14.8. The minimum absolute atomic E-state index is 0.0620. The lowest BCUT2D eigenvalue weighted by Crippen LogP contribution is -2.18. The Hall–Kier alpha value is -2.26. The van der Waals surface area contributed by atoms with E-state index in [0.717, 1.165) is 21.9 Å². The van der Waals surface area contributed by atoms with Crippen LogP contribution in [0.25, 0.3) is 10.8 Å². The summed E-state index contributed by atoms with van der Waals surface area (Å²) in [7, 11) is 1.89. The van der Waals surface area contributed by atoms with Crippen molar-refractivity contribution >= 4 is 10.8 Å². The molecule has 1 atom stereocenters. The van der Waals surface area contributed by atoms with E-state index in [2.05, 4.69) is 22.4 Å². The number of nitrogens with zero attached hydrogens (tertiary/aromatic N) is 1. The van der Waals surface area contributed by atoms with Crippen molar-refractivity contribution in [2.75, 3.05) is 7.05 Å². The van der Waals surface area contributed by atoms with E-state index in [4.69, 9.17) is 0 Å². The molecule has 1 unspecified atom stereocenters. The van der Waals surface area contributed by atoms with Crippen LogP contribution in [0.15, 0.2) is 54.9 Å². The van der Waals surface area contributed by atoms with Gasteiger partial charge in [0.15, 0.2) is 0 Å². The number of rotatable bonds is 3. The Morgan fingerprint density at radius 1 is 1.14 bits per heavy atom. The predicted octanol–water partition coefficient (Wildman–Crippen LogP) is 3.99. The van der Waals surface area contributed by atoms with Gasteiger partial charge in [0.1, 0.15) is 5.82 Å². The Kier molecular flexibility index (Phi) is 3.67.